The molecule has 0 unspecified atom stereocenters. The van der Waals surface area contributed by atoms with Crippen molar-refractivity contribution < 1.29 is 19.4 Å². The summed E-state index contributed by atoms with van der Waals surface area (Å²) < 4.78 is 11.4. The first-order chi connectivity index (χ1) is 14.0. The lowest BCUT2D eigenvalue weighted by molar-refractivity contribution is 0.0404. The van der Waals surface area contributed by atoms with Gasteiger partial charge in [-0.3, -0.25) is 4.79 Å². The van der Waals surface area contributed by atoms with Gasteiger partial charge in [0.25, 0.3) is 5.91 Å². The number of likely N-dealkylation sites (N-methyl/N-ethyl adjacent to an activating group) is 1. The van der Waals surface area contributed by atoms with E-state index in [-0.39, 0.29) is 30.6 Å². The second-order valence-electron chi connectivity index (χ2n) is 7.49. The number of methoxy groups -OCH3 is 1. The molecule has 1 aliphatic rings. The molecule has 7 heteroatoms. The van der Waals surface area contributed by atoms with Gasteiger partial charge in [0.1, 0.15) is 17.4 Å². The molecule has 1 aromatic carbocycles. The van der Waals surface area contributed by atoms with Crippen LogP contribution in [0.1, 0.15) is 24.2 Å². The van der Waals surface area contributed by atoms with E-state index in [1.54, 1.807) is 18.2 Å². The van der Waals surface area contributed by atoms with Gasteiger partial charge < -0.3 is 24.8 Å². The zero-order valence-corrected chi connectivity index (χ0v) is 17.4. The number of hydrogen-bond acceptors (Lipinski definition) is 6. The predicted octanol–water partition coefficient (Wildman–Crippen LogP) is 2.20. The van der Waals surface area contributed by atoms with E-state index < -0.39 is 0 Å². The van der Waals surface area contributed by atoms with Crippen LogP contribution in [-0.4, -0.2) is 66.9 Å². The van der Waals surface area contributed by atoms with E-state index in [9.17, 15) is 9.90 Å². The molecule has 3 rings (SSSR count). The molecule has 0 radical (unpaired) electrons. The van der Waals surface area contributed by atoms with Gasteiger partial charge in [0.15, 0.2) is 0 Å². The summed E-state index contributed by atoms with van der Waals surface area (Å²) in [5.74, 6) is 0.990. The molecule has 0 aliphatic carbocycles. The summed E-state index contributed by atoms with van der Waals surface area (Å²) in [6, 6.07) is 9.11. The SMILES string of the molecule is CNC[C@@H]1Oc2ncc(-c3ccc(OC)cc3)cc2C(=O)N([C@@H](C)CO)C[C@H]1C. The number of aliphatic hydroxyl groups is 1. The first-order valence-electron chi connectivity index (χ1n) is 9.86. The second-order valence-corrected chi connectivity index (χ2v) is 7.49. The Labute approximate surface area is 171 Å². The minimum Gasteiger partial charge on any atom is -0.497 e. The van der Waals surface area contributed by atoms with Crippen molar-refractivity contribution in [1.82, 2.24) is 15.2 Å². The zero-order chi connectivity index (χ0) is 21.0. The van der Waals surface area contributed by atoms with Gasteiger partial charge in [-0.25, -0.2) is 4.98 Å². The highest BCUT2D eigenvalue weighted by Crippen LogP contribution is 2.30. The van der Waals surface area contributed by atoms with E-state index in [0.717, 1.165) is 16.9 Å². The first kappa shape index (κ1) is 21.1. The molecule has 7 nitrogen and oxygen atoms in total. The maximum Gasteiger partial charge on any atom is 0.259 e. The maximum atomic E-state index is 13.3. The average Bonchev–Trinajstić information content (AvgIpc) is 2.75. The van der Waals surface area contributed by atoms with E-state index >= 15 is 0 Å². The lowest BCUT2D eigenvalue weighted by Gasteiger charge is -2.36. The number of pyridine rings is 1. The Kier molecular flexibility index (Phi) is 6.71. The van der Waals surface area contributed by atoms with Crippen molar-refractivity contribution in [2.75, 3.05) is 33.9 Å². The van der Waals surface area contributed by atoms with Gasteiger partial charge >= 0.3 is 0 Å². The molecule has 3 atom stereocenters. The van der Waals surface area contributed by atoms with Crippen molar-refractivity contribution in [3.63, 3.8) is 0 Å². The van der Waals surface area contributed by atoms with Crippen molar-refractivity contribution in [1.29, 1.82) is 0 Å². The Hall–Kier alpha value is -2.64. The number of benzene rings is 1. The Bertz CT molecular complexity index is 840. The summed E-state index contributed by atoms with van der Waals surface area (Å²) in [7, 11) is 3.49. The van der Waals surface area contributed by atoms with E-state index in [2.05, 4.69) is 10.3 Å². The molecular formula is C22H29N3O4. The third-order valence-corrected chi connectivity index (χ3v) is 5.35. The minimum atomic E-state index is -0.296. The van der Waals surface area contributed by atoms with Crippen molar-refractivity contribution in [2.24, 2.45) is 5.92 Å². The Morgan fingerprint density at radius 3 is 2.69 bits per heavy atom. The van der Waals surface area contributed by atoms with Gasteiger partial charge in [0.05, 0.1) is 19.8 Å². The van der Waals surface area contributed by atoms with Gasteiger partial charge in [-0.15, -0.1) is 0 Å². The summed E-state index contributed by atoms with van der Waals surface area (Å²) in [4.78, 5) is 19.5. The summed E-state index contributed by atoms with van der Waals surface area (Å²) in [6.07, 6.45) is 1.58. The number of nitrogens with zero attached hydrogens (tertiary/aromatic N) is 2. The smallest absolute Gasteiger partial charge is 0.259 e. The normalized spacial score (nSPS) is 20.3. The molecule has 1 amide bonds. The molecule has 1 aliphatic heterocycles. The van der Waals surface area contributed by atoms with Gasteiger partial charge in [0.2, 0.25) is 5.88 Å². The van der Waals surface area contributed by atoms with E-state index in [1.165, 1.54) is 0 Å². The van der Waals surface area contributed by atoms with Gasteiger partial charge in [-0.05, 0) is 37.7 Å². The number of ether oxygens (including phenoxy) is 2. The average molecular weight is 399 g/mol. The number of hydrogen-bond donors (Lipinski definition) is 2. The second kappa shape index (κ2) is 9.24. The van der Waals surface area contributed by atoms with Crippen molar-refractivity contribution >= 4 is 5.91 Å². The fourth-order valence-corrected chi connectivity index (χ4v) is 3.49. The number of aromatic nitrogens is 1. The van der Waals surface area contributed by atoms with Crippen molar-refractivity contribution in [3.8, 4) is 22.8 Å². The highest BCUT2D eigenvalue weighted by Gasteiger charge is 2.33. The maximum absolute atomic E-state index is 13.3. The lowest BCUT2D eigenvalue weighted by atomic mass is 9.99. The van der Waals surface area contributed by atoms with Crippen LogP contribution in [0.3, 0.4) is 0 Å². The molecule has 0 spiro atoms. The third kappa shape index (κ3) is 4.52. The first-order valence-corrected chi connectivity index (χ1v) is 9.86. The highest BCUT2D eigenvalue weighted by atomic mass is 16.5. The monoisotopic (exact) mass is 399 g/mol. The molecule has 0 saturated heterocycles. The molecule has 2 aromatic rings. The molecule has 0 fully saturated rings. The standard InChI is InChI=1S/C22H29N3O4/c1-14-12-25(15(2)13-26)22(27)19-9-17(16-5-7-18(28-4)8-6-16)10-24-21(19)29-20(14)11-23-3/h5-10,14-15,20,23,26H,11-13H2,1-4H3/t14-,15+,20+/m1/s1. The van der Waals surface area contributed by atoms with Gasteiger partial charge in [-0.1, -0.05) is 19.1 Å². The van der Waals surface area contributed by atoms with Crippen LogP contribution in [0.25, 0.3) is 11.1 Å². The van der Waals surface area contributed by atoms with E-state index in [1.807, 2.05) is 51.2 Å². The van der Waals surface area contributed by atoms with Crippen molar-refractivity contribution in [3.05, 3.63) is 42.1 Å². The van der Waals surface area contributed by atoms with E-state index in [0.29, 0.717) is 24.5 Å². The predicted molar refractivity (Wildman–Crippen MR) is 111 cm³/mol. The summed E-state index contributed by atoms with van der Waals surface area (Å²) in [5.41, 5.74) is 2.16. The van der Waals surface area contributed by atoms with Crippen LogP contribution in [0, 0.1) is 5.92 Å². The van der Waals surface area contributed by atoms with Crippen LogP contribution in [0.15, 0.2) is 36.5 Å². The molecule has 156 valence electrons. The van der Waals surface area contributed by atoms with Crippen LogP contribution in [-0.2, 0) is 0 Å². The quantitative estimate of drug-likeness (QED) is 0.775. The molecule has 29 heavy (non-hydrogen) atoms. The van der Waals surface area contributed by atoms with Gasteiger partial charge in [-0.2, -0.15) is 0 Å². The lowest BCUT2D eigenvalue weighted by Crippen LogP contribution is -2.49. The molecule has 0 saturated carbocycles. The fraction of sp³-hybridized carbons (Fsp3) is 0.455. The number of amides is 1. The Balaban J connectivity index is 2.04. The van der Waals surface area contributed by atoms with Crippen molar-refractivity contribution in [2.45, 2.75) is 26.0 Å². The number of carbonyl (C=O) groups is 1. The number of nitrogens with one attached hydrogen (secondary N) is 1. The summed E-state index contributed by atoms with van der Waals surface area (Å²) >= 11 is 0. The topological polar surface area (TPSA) is 83.9 Å². The number of rotatable bonds is 6. The minimum absolute atomic E-state index is 0.0802. The molecule has 0 bridgehead atoms. The van der Waals surface area contributed by atoms with Crippen LogP contribution in [0.5, 0.6) is 11.6 Å². The number of aliphatic hydroxyl groups excluding tert-OH is 1. The fourth-order valence-electron chi connectivity index (χ4n) is 3.49. The van der Waals surface area contributed by atoms with Crippen LogP contribution < -0.4 is 14.8 Å². The summed E-state index contributed by atoms with van der Waals surface area (Å²) in [5, 5.41) is 12.8. The largest absolute Gasteiger partial charge is 0.497 e. The summed E-state index contributed by atoms with van der Waals surface area (Å²) in [6.45, 7) is 4.93. The van der Waals surface area contributed by atoms with Crippen LogP contribution in [0.4, 0.5) is 0 Å². The van der Waals surface area contributed by atoms with E-state index in [4.69, 9.17) is 9.47 Å². The molecule has 1 aromatic heterocycles. The van der Waals surface area contributed by atoms with Gasteiger partial charge in [0, 0.05) is 30.8 Å². The Morgan fingerprint density at radius 1 is 1.34 bits per heavy atom. The van der Waals surface area contributed by atoms with Crippen LogP contribution in [0.2, 0.25) is 0 Å². The molecular weight excluding hydrogens is 370 g/mol. The Morgan fingerprint density at radius 2 is 2.07 bits per heavy atom. The highest BCUT2D eigenvalue weighted by molar-refractivity contribution is 5.98. The molecule has 2 heterocycles. The number of fused-ring (bicyclic) bond motifs is 1. The third-order valence-electron chi connectivity index (χ3n) is 5.35. The number of carbonyl (C=O) groups excluding carboxylic acids is 1. The molecule has 2 N–H and O–H groups in total. The zero-order valence-electron chi connectivity index (χ0n) is 17.4. The van der Waals surface area contributed by atoms with Crippen LogP contribution >= 0.6 is 0 Å².